The predicted octanol–water partition coefficient (Wildman–Crippen LogP) is 2.18. The SMILES string of the molecule is CCCCCNC(=NC)NCC1COc2ccccc2O1. The van der Waals surface area contributed by atoms with E-state index in [1.165, 1.54) is 12.8 Å². The Labute approximate surface area is 126 Å². The molecule has 116 valence electrons. The van der Waals surface area contributed by atoms with E-state index in [1.54, 1.807) is 7.05 Å². The number of benzene rings is 1. The van der Waals surface area contributed by atoms with Crippen LogP contribution < -0.4 is 20.1 Å². The number of hydrogen-bond donors (Lipinski definition) is 2. The second-order valence-corrected chi connectivity index (χ2v) is 5.08. The van der Waals surface area contributed by atoms with Crippen LogP contribution in [-0.4, -0.2) is 38.8 Å². The summed E-state index contributed by atoms with van der Waals surface area (Å²) < 4.78 is 11.6. The second kappa shape index (κ2) is 8.39. The average Bonchev–Trinajstić information content (AvgIpc) is 2.54. The van der Waals surface area contributed by atoms with Gasteiger partial charge in [0.2, 0.25) is 0 Å². The summed E-state index contributed by atoms with van der Waals surface area (Å²) in [6.07, 6.45) is 3.61. The Morgan fingerprint density at radius 2 is 2.05 bits per heavy atom. The van der Waals surface area contributed by atoms with Crippen molar-refractivity contribution in [3.05, 3.63) is 24.3 Å². The van der Waals surface area contributed by atoms with Crippen LogP contribution in [0.5, 0.6) is 11.5 Å². The molecule has 0 saturated carbocycles. The summed E-state index contributed by atoms with van der Waals surface area (Å²) in [5.74, 6) is 2.44. The van der Waals surface area contributed by atoms with E-state index in [1.807, 2.05) is 24.3 Å². The van der Waals surface area contributed by atoms with E-state index in [4.69, 9.17) is 9.47 Å². The van der Waals surface area contributed by atoms with Gasteiger partial charge in [-0.1, -0.05) is 31.9 Å². The summed E-state index contributed by atoms with van der Waals surface area (Å²) >= 11 is 0. The van der Waals surface area contributed by atoms with Crippen molar-refractivity contribution in [2.24, 2.45) is 4.99 Å². The maximum atomic E-state index is 5.90. The molecule has 21 heavy (non-hydrogen) atoms. The van der Waals surface area contributed by atoms with Crippen LogP contribution in [0.2, 0.25) is 0 Å². The van der Waals surface area contributed by atoms with E-state index in [0.29, 0.717) is 13.2 Å². The summed E-state index contributed by atoms with van der Waals surface area (Å²) in [6.45, 7) is 4.36. The Morgan fingerprint density at radius 1 is 1.24 bits per heavy atom. The molecule has 0 bridgehead atoms. The fourth-order valence-electron chi connectivity index (χ4n) is 2.18. The zero-order valence-corrected chi connectivity index (χ0v) is 12.9. The first-order valence-corrected chi connectivity index (χ1v) is 7.66. The van der Waals surface area contributed by atoms with Crippen molar-refractivity contribution in [1.82, 2.24) is 10.6 Å². The molecule has 0 fully saturated rings. The van der Waals surface area contributed by atoms with Gasteiger partial charge in [-0.15, -0.1) is 0 Å². The van der Waals surface area contributed by atoms with Gasteiger partial charge in [-0.05, 0) is 18.6 Å². The topological polar surface area (TPSA) is 54.9 Å². The predicted molar refractivity (Wildman–Crippen MR) is 85.2 cm³/mol. The molecule has 0 aliphatic carbocycles. The number of nitrogens with one attached hydrogen (secondary N) is 2. The monoisotopic (exact) mass is 291 g/mol. The lowest BCUT2D eigenvalue weighted by atomic mass is 10.2. The molecule has 1 heterocycles. The highest BCUT2D eigenvalue weighted by Gasteiger charge is 2.20. The molecule has 5 heteroatoms. The number of nitrogens with zero attached hydrogens (tertiary/aromatic N) is 1. The molecule has 1 aliphatic rings. The van der Waals surface area contributed by atoms with Gasteiger partial charge in [0.25, 0.3) is 0 Å². The van der Waals surface area contributed by atoms with E-state index in [2.05, 4.69) is 22.5 Å². The number of fused-ring (bicyclic) bond motifs is 1. The van der Waals surface area contributed by atoms with E-state index in [9.17, 15) is 0 Å². The first-order chi connectivity index (χ1) is 10.3. The summed E-state index contributed by atoms with van der Waals surface area (Å²) in [4.78, 5) is 4.21. The highest BCUT2D eigenvalue weighted by Crippen LogP contribution is 2.30. The largest absolute Gasteiger partial charge is 0.486 e. The van der Waals surface area contributed by atoms with Gasteiger partial charge in [0.15, 0.2) is 17.5 Å². The van der Waals surface area contributed by atoms with Crippen molar-refractivity contribution in [2.75, 3.05) is 26.7 Å². The van der Waals surface area contributed by atoms with Gasteiger partial charge in [0.05, 0.1) is 6.54 Å². The van der Waals surface area contributed by atoms with Gasteiger partial charge in [0, 0.05) is 13.6 Å². The lowest BCUT2D eigenvalue weighted by Crippen LogP contribution is -2.45. The number of ether oxygens (including phenoxy) is 2. The molecular formula is C16H25N3O2. The lowest BCUT2D eigenvalue weighted by Gasteiger charge is -2.27. The van der Waals surface area contributed by atoms with Crippen molar-refractivity contribution in [3.63, 3.8) is 0 Å². The second-order valence-electron chi connectivity index (χ2n) is 5.08. The number of guanidine groups is 1. The molecule has 1 aromatic carbocycles. The number of unbranched alkanes of at least 4 members (excludes halogenated alkanes) is 2. The van der Waals surface area contributed by atoms with Crippen LogP contribution in [0.3, 0.4) is 0 Å². The summed E-state index contributed by atoms with van der Waals surface area (Å²) in [5, 5.41) is 6.59. The third-order valence-electron chi connectivity index (χ3n) is 3.36. The first-order valence-electron chi connectivity index (χ1n) is 7.66. The third-order valence-corrected chi connectivity index (χ3v) is 3.36. The molecule has 0 amide bonds. The van der Waals surface area contributed by atoms with E-state index < -0.39 is 0 Å². The average molecular weight is 291 g/mol. The molecule has 0 spiro atoms. The smallest absolute Gasteiger partial charge is 0.191 e. The minimum absolute atomic E-state index is 0.00547. The first kappa shape index (κ1) is 15.5. The van der Waals surface area contributed by atoms with Crippen molar-refractivity contribution >= 4 is 5.96 Å². The van der Waals surface area contributed by atoms with Gasteiger partial charge >= 0.3 is 0 Å². The Kier molecular flexibility index (Phi) is 6.19. The zero-order chi connectivity index (χ0) is 14.9. The van der Waals surface area contributed by atoms with E-state index in [0.717, 1.165) is 30.4 Å². The number of hydrogen-bond acceptors (Lipinski definition) is 3. The maximum absolute atomic E-state index is 5.90. The Hall–Kier alpha value is -1.91. The lowest BCUT2D eigenvalue weighted by molar-refractivity contribution is 0.0936. The van der Waals surface area contributed by atoms with Gasteiger partial charge in [-0.2, -0.15) is 0 Å². The number of aliphatic imine (C=N–C) groups is 1. The Morgan fingerprint density at radius 3 is 2.81 bits per heavy atom. The fraction of sp³-hybridized carbons (Fsp3) is 0.562. The zero-order valence-electron chi connectivity index (χ0n) is 12.9. The molecule has 2 N–H and O–H groups in total. The normalized spacial score (nSPS) is 17.4. The summed E-state index contributed by atoms with van der Waals surface area (Å²) in [6, 6.07) is 7.75. The minimum atomic E-state index is -0.00547. The van der Waals surface area contributed by atoms with Crippen molar-refractivity contribution in [2.45, 2.75) is 32.3 Å². The molecule has 0 saturated heterocycles. The Balaban J connectivity index is 1.73. The molecular weight excluding hydrogens is 266 g/mol. The van der Waals surface area contributed by atoms with E-state index >= 15 is 0 Å². The molecule has 5 nitrogen and oxygen atoms in total. The van der Waals surface area contributed by atoms with Crippen LogP contribution in [0.1, 0.15) is 26.2 Å². The minimum Gasteiger partial charge on any atom is -0.486 e. The molecule has 2 rings (SSSR count). The molecule has 1 atom stereocenters. The summed E-state index contributed by atoms with van der Waals surface area (Å²) in [5.41, 5.74) is 0. The van der Waals surface area contributed by atoms with Crippen LogP contribution in [0, 0.1) is 0 Å². The van der Waals surface area contributed by atoms with Crippen molar-refractivity contribution < 1.29 is 9.47 Å². The highest BCUT2D eigenvalue weighted by atomic mass is 16.6. The van der Waals surface area contributed by atoms with Crippen LogP contribution in [0.25, 0.3) is 0 Å². The van der Waals surface area contributed by atoms with Crippen molar-refractivity contribution in [3.8, 4) is 11.5 Å². The van der Waals surface area contributed by atoms with E-state index in [-0.39, 0.29) is 6.10 Å². The van der Waals surface area contributed by atoms with Crippen LogP contribution in [0.4, 0.5) is 0 Å². The van der Waals surface area contributed by atoms with Crippen LogP contribution >= 0.6 is 0 Å². The summed E-state index contributed by atoms with van der Waals surface area (Å²) in [7, 11) is 1.78. The molecule has 1 aromatic rings. The standard InChI is InChI=1S/C16H25N3O2/c1-3-4-7-10-18-16(17-2)19-11-13-12-20-14-8-5-6-9-15(14)21-13/h5-6,8-9,13H,3-4,7,10-12H2,1-2H3,(H2,17,18,19). The fourth-order valence-corrected chi connectivity index (χ4v) is 2.18. The van der Waals surface area contributed by atoms with Crippen LogP contribution in [0.15, 0.2) is 29.3 Å². The van der Waals surface area contributed by atoms with Gasteiger partial charge in [0.1, 0.15) is 12.7 Å². The Bertz CT molecular complexity index is 463. The molecule has 1 unspecified atom stereocenters. The maximum Gasteiger partial charge on any atom is 0.191 e. The molecule has 0 aromatic heterocycles. The number of rotatable bonds is 6. The third kappa shape index (κ3) is 4.85. The van der Waals surface area contributed by atoms with Gasteiger partial charge in [-0.25, -0.2) is 0 Å². The van der Waals surface area contributed by atoms with Crippen molar-refractivity contribution in [1.29, 1.82) is 0 Å². The van der Waals surface area contributed by atoms with Gasteiger partial charge < -0.3 is 20.1 Å². The number of para-hydroxylation sites is 2. The molecule has 0 radical (unpaired) electrons. The highest BCUT2D eigenvalue weighted by molar-refractivity contribution is 5.79. The molecule has 1 aliphatic heterocycles. The van der Waals surface area contributed by atoms with Crippen LogP contribution in [-0.2, 0) is 0 Å². The van der Waals surface area contributed by atoms with Gasteiger partial charge in [-0.3, -0.25) is 4.99 Å². The quantitative estimate of drug-likeness (QED) is 0.479.